The lowest BCUT2D eigenvalue weighted by atomic mass is 10.1. The maximum Gasteiger partial charge on any atom is 0.326 e. The van der Waals surface area contributed by atoms with Gasteiger partial charge in [-0.1, -0.05) is 24.3 Å². The summed E-state index contributed by atoms with van der Waals surface area (Å²) in [5.74, 6) is -0.296. The Balaban J connectivity index is 2.58. The molecule has 1 aromatic carbocycles. The third kappa shape index (κ3) is 1.99. The number of aromatic nitrogens is 2. The van der Waals surface area contributed by atoms with Crippen LogP contribution >= 0.6 is 0 Å². The van der Waals surface area contributed by atoms with E-state index >= 15 is 0 Å². The maximum atomic E-state index is 11.0. The molecule has 0 saturated carbocycles. The number of fused-ring (bicyclic) bond motifs is 1. The van der Waals surface area contributed by atoms with Crippen LogP contribution in [0, 0.1) is 6.92 Å². The van der Waals surface area contributed by atoms with Gasteiger partial charge in [0.25, 0.3) is 0 Å². The molecule has 0 spiro atoms. The summed E-state index contributed by atoms with van der Waals surface area (Å²) in [4.78, 5) is 12.6. The maximum absolute atomic E-state index is 11.0. The van der Waals surface area contributed by atoms with Crippen molar-refractivity contribution in [1.29, 1.82) is 0 Å². The second-order valence-corrected chi connectivity index (χ2v) is 4.28. The molecular weight excluding hydrogens is 230 g/mol. The summed E-state index contributed by atoms with van der Waals surface area (Å²) in [6.45, 7) is 3.51. The van der Waals surface area contributed by atoms with Crippen molar-refractivity contribution in [3.8, 4) is 0 Å². The van der Waals surface area contributed by atoms with Gasteiger partial charge in [-0.3, -0.25) is 0 Å². The summed E-state index contributed by atoms with van der Waals surface area (Å²) in [6.07, 6.45) is 0. The molecule has 2 aromatic rings. The van der Waals surface area contributed by atoms with Crippen molar-refractivity contribution in [3.05, 3.63) is 30.0 Å². The molecule has 0 amide bonds. The van der Waals surface area contributed by atoms with Gasteiger partial charge in [0.1, 0.15) is 6.04 Å². The third-order valence-corrected chi connectivity index (χ3v) is 3.12. The van der Waals surface area contributed by atoms with Crippen LogP contribution in [-0.2, 0) is 4.79 Å². The predicted molar refractivity (Wildman–Crippen MR) is 69.8 cm³/mol. The first kappa shape index (κ1) is 12.3. The molecule has 0 aliphatic heterocycles. The predicted octanol–water partition coefficient (Wildman–Crippen LogP) is 1.85. The molecule has 2 rings (SSSR count). The zero-order chi connectivity index (χ0) is 13.3. The van der Waals surface area contributed by atoms with Crippen LogP contribution in [0.4, 0.5) is 5.82 Å². The third-order valence-electron chi connectivity index (χ3n) is 3.12. The highest BCUT2D eigenvalue weighted by Crippen LogP contribution is 2.25. The minimum Gasteiger partial charge on any atom is -0.480 e. The fourth-order valence-electron chi connectivity index (χ4n) is 1.83. The van der Waals surface area contributed by atoms with Gasteiger partial charge in [0.15, 0.2) is 5.82 Å². The van der Waals surface area contributed by atoms with Crippen molar-refractivity contribution in [2.45, 2.75) is 19.9 Å². The zero-order valence-corrected chi connectivity index (χ0v) is 10.6. The molecule has 1 unspecified atom stereocenters. The topological polar surface area (TPSA) is 66.3 Å². The van der Waals surface area contributed by atoms with Crippen molar-refractivity contribution < 1.29 is 9.90 Å². The molecule has 0 saturated heterocycles. The number of carboxylic acids is 1. The van der Waals surface area contributed by atoms with Gasteiger partial charge in [0, 0.05) is 17.8 Å². The monoisotopic (exact) mass is 245 g/mol. The Labute approximate surface area is 105 Å². The first-order chi connectivity index (χ1) is 8.52. The number of hydrogen-bond donors (Lipinski definition) is 1. The van der Waals surface area contributed by atoms with Gasteiger partial charge in [-0.15, -0.1) is 5.10 Å². The molecule has 1 atom stereocenters. The summed E-state index contributed by atoms with van der Waals surface area (Å²) in [5.41, 5.74) is 0.839. The number of hydrogen-bond acceptors (Lipinski definition) is 4. The van der Waals surface area contributed by atoms with Crippen LogP contribution in [0.5, 0.6) is 0 Å². The summed E-state index contributed by atoms with van der Waals surface area (Å²) in [5, 5.41) is 19.2. The van der Waals surface area contributed by atoms with Gasteiger partial charge in [-0.25, -0.2) is 4.79 Å². The molecule has 0 fully saturated rings. The second-order valence-electron chi connectivity index (χ2n) is 4.28. The van der Waals surface area contributed by atoms with E-state index in [4.69, 9.17) is 5.11 Å². The van der Waals surface area contributed by atoms with Crippen molar-refractivity contribution in [2.24, 2.45) is 0 Å². The van der Waals surface area contributed by atoms with E-state index in [1.807, 2.05) is 31.2 Å². The number of carboxylic acid groups (broad SMARTS) is 1. The van der Waals surface area contributed by atoms with Crippen LogP contribution in [0.3, 0.4) is 0 Å². The standard InChI is InChI=1S/C13H15N3O2/c1-8-10-6-4-5-7-11(10)12(15-14-8)16(3)9(2)13(17)18/h4-7,9H,1-3H3,(H,17,18). The van der Waals surface area contributed by atoms with E-state index in [0.717, 1.165) is 16.5 Å². The molecule has 1 N–H and O–H groups in total. The molecule has 5 heteroatoms. The number of benzene rings is 1. The van der Waals surface area contributed by atoms with Crippen molar-refractivity contribution in [1.82, 2.24) is 10.2 Å². The number of carbonyl (C=O) groups is 1. The number of aliphatic carboxylic acids is 1. The summed E-state index contributed by atoms with van der Waals surface area (Å²) in [6, 6.07) is 7.08. The van der Waals surface area contributed by atoms with Gasteiger partial charge in [0.05, 0.1) is 5.69 Å². The van der Waals surface area contributed by atoms with E-state index in [1.54, 1.807) is 18.9 Å². The quantitative estimate of drug-likeness (QED) is 0.893. The van der Waals surface area contributed by atoms with Crippen molar-refractivity contribution >= 4 is 22.6 Å². The van der Waals surface area contributed by atoms with Crippen LogP contribution in [0.2, 0.25) is 0 Å². The average molecular weight is 245 g/mol. The molecule has 0 aliphatic rings. The second kappa shape index (κ2) is 4.60. The molecule has 94 valence electrons. The highest BCUT2D eigenvalue weighted by atomic mass is 16.4. The van der Waals surface area contributed by atoms with E-state index < -0.39 is 12.0 Å². The van der Waals surface area contributed by atoms with Gasteiger partial charge in [0.2, 0.25) is 0 Å². The fraction of sp³-hybridized carbons (Fsp3) is 0.308. The highest BCUT2D eigenvalue weighted by Gasteiger charge is 2.20. The smallest absolute Gasteiger partial charge is 0.326 e. The summed E-state index contributed by atoms with van der Waals surface area (Å²) < 4.78 is 0. The van der Waals surface area contributed by atoms with Crippen molar-refractivity contribution in [2.75, 3.05) is 11.9 Å². The molecule has 0 aliphatic carbocycles. The van der Waals surface area contributed by atoms with Gasteiger partial charge in [-0.2, -0.15) is 5.10 Å². The normalized spacial score (nSPS) is 12.4. The number of nitrogens with zero attached hydrogens (tertiary/aromatic N) is 3. The minimum absolute atomic E-state index is 0.589. The Morgan fingerprint density at radius 2 is 1.89 bits per heavy atom. The molecule has 0 bridgehead atoms. The molecule has 18 heavy (non-hydrogen) atoms. The Kier molecular flexibility index (Phi) is 3.14. The molecule has 0 radical (unpaired) electrons. The number of rotatable bonds is 3. The van der Waals surface area contributed by atoms with E-state index in [2.05, 4.69) is 10.2 Å². The summed E-state index contributed by atoms with van der Waals surface area (Å²) in [7, 11) is 1.71. The molecule has 1 heterocycles. The Bertz CT molecular complexity index is 598. The minimum atomic E-state index is -0.885. The van der Waals surface area contributed by atoms with Crippen LogP contribution in [-0.4, -0.2) is 34.4 Å². The number of likely N-dealkylation sites (N-methyl/N-ethyl adjacent to an activating group) is 1. The number of aryl methyl sites for hydroxylation is 1. The van der Waals surface area contributed by atoms with Crippen LogP contribution < -0.4 is 4.90 Å². The Morgan fingerprint density at radius 1 is 1.28 bits per heavy atom. The lowest BCUT2D eigenvalue weighted by molar-refractivity contribution is -0.138. The number of anilines is 1. The van der Waals surface area contributed by atoms with Gasteiger partial charge >= 0.3 is 5.97 Å². The molecule has 5 nitrogen and oxygen atoms in total. The summed E-state index contributed by atoms with van der Waals surface area (Å²) >= 11 is 0. The largest absolute Gasteiger partial charge is 0.480 e. The average Bonchev–Trinajstić information content (AvgIpc) is 2.38. The molecular formula is C13H15N3O2. The van der Waals surface area contributed by atoms with E-state index in [1.165, 1.54) is 0 Å². The Hall–Kier alpha value is -2.17. The Morgan fingerprint density at radius 3 is 2.50 bits per heavy atom. The lowest BCUT2D eigenvalue weighted by Crippen LogP contribution is -2.36. The lowest BCUT2D eigenvalue weighted by Gasteiger charge is -2.23. The first-order valence-corrected chi connectivity index (χ1v) is 5.70. The van der Waals surface area contributed by atoms with Crippen LogP contribution in [0.15, 0.2) is 24.3 Å². The zero-order valence-electron chi connectivity index (χ0n) is 10.6. The molecule has 1 aromatic heterocycles. The first-order valence-electron chi connectivity index (χ1n) is 5.70. The van der Waals surface area contributed by atoms with Crippen LogP contribution in [0.25, 0.3) is 10.8 Å². The SMILES string of the molecule is Cc1nnc(N(C)C(C)C(=O)O)c2ccccc12. The van der Waals surface area contributed by atoms with E-state index in [0.29, 0.717) is 5.82 Å². The van der Waals surface area contributed by atoms with E-state index in [9.17, 15) is 4.79 Å². The van der Waals surface area contributed by atoms with Crippen LogP contribution in [0.1, 0.15) is 12.6 Å². The van der Waals surface area contributed by atoms with E-state index in [-0.39, 0.29) is 0 Å². The highest BCUT2D eigenvalue weighted by molar-refractivity contribution is 5.94. The fourth-order valence-corrected chi connectivity index (χ4v) is 1.83. The van der Waals surface area contributed by atoms with Gasteiger partial charge < -0.3 is 10.0 Å². The van der Waals surface area contributed by atoms with Gasteiger partial charge in [-0.05, 0) is 13.8 Å². The van der Waals surface area contributed by atoms with Crippen molar-refractivity contribution in [3.63, 3.8) is 0 Å².